The molecule has 1 aliphatic rings. The first-order valence-corrected chi connectivity index (χ1v) is 10.9. The maximum Gasteiger partial charge on any atom is 0.258 e. The van der Waals surface area contributed by atoms with E-state index in [0.29, 0.717) is 25.9 Å². The van der Waals surface area contributed by atoms with Crippen LogP contribution in [0.3, 0.4) is 0 Å². The number of anilines is 1. The maximum atomic E-state index is 13.1. The summed E-state index contributed by atoms with van der Waals surface area (Å²) >= 11 is 0. The van der Waals surface area contributed by atoms with E-state index >= 15 is 0 Å². The molecule has 32 heavy (non-hydrogen) atoms. The van der Waals surface area contributed by atoms with Gasteiger partial charge in [-0.3, -0.25) is 9.59 Å². The molecule has 0 radical (unpaired) electrons. The van der Waals surface area contributed by atoms with Crippen molar-refractivity contribution in [3.63, 3.8) is 0 Å². The summed E-state index contributed by atoms with van der Waals surface area (Å²) in [6.45, 7) is 3.09. The van der Waals surface area contributed by atoms with Crippen LogP contribution in [-0.4, -0.2) is 25.5 Å². The van der Waals surface area contributed by atoms with Crippen LogP contribution in [-0.2, 0) is 24.2 Å². The third-order valence-electron chi connectivity index (χ3n) is 5.96. The van der Waals surface area contributed by atoms with Crippen molar-refractivity contribution in [1.29, 1.82) is 0 Å². The smallest absolute Gasteiger partial charge is 0.258 e. The summed E-state index contributed by atoms with van der Waals surface area (Å²) in [6.07, 6.45) is 1.95. The summed E-state index contributed by atoms with van der Waals surface area (Å²) in [7, 11) is 1.64. The number of carbonyl (C=O) groups excluding carboxylic acids is 2. The first-order chi connectivity index (χ1) is 15.5. The van der Waals surface area contributed by atoms with Gasteiger partial charge in [-0.25, -0.2) is 0 Å². The molecule has 0 saturated carbocycles. The molecule has 1 N–H and O–H groups in total. The molecular weight excluding hydrogens is 400 g/mol. The summed E-state index contributed by atoms with van der Waals surface area (Å²) < 4.78 is 5.16. The number of benzene rings is 3. The summed E-state index contributed by atoms with van der Waals surface area (Å²) in [5.41, 5.74) is 5.92. The molecule has 3 aromatic carbocycles. The van der Waals surface area contributed by atoms with Crippen LogP contribution in [0.25, 0.3) is 0 Å². The number of carbonyl (C=O) groups is 2. The SMILES string of the molecule is COc1ccc(CCC(=O)NCc2ccc3c(c2)N(C(=O)c2ccccc2C)CC3)cc1. The van der Waals surface area contributed by atoms with Gasteiger partial charge in [0.15, 0.2) is 0 Å². The number of fused-ring (bicyclic) bond motifs is 1. The average molecular weight is 429 g/mol. The lowest BCUT2D eigenvalue weighted by atomic mass is 10.1. The Bertz CT molecular complexity index is 1120. The number of methoxy groups -OCH3 is 1. The van der Waals surface area contributed by atoms with Crippen LogP contribution >= 0.6 is 0 Å². The van der Waals surface area contributed by atoms with E-state index in [1.165, 1.54) is 5.56 Å². The number of hydrogen-bond donors (Lipinski definition) is 1. The van der Waals surface area contributed by atoms with Gasteiger partial charge in [0.1, 0.15) is 5.75 Å². The summed E-state index contributed by atoms with van der Waals surface area (Å²) in [6, 6.07) is 21.6. The molecule has 0 saturated heterocycles. The maximum absolute atomic E-state index is 13.1. The molecule has 0 aromatic heterocycles. The van der Waals surface area contributed by atoms with E-state index < -0.39 is 0 Å². The molecule has 0 bridgehead atoms. The van der Waals surface area contributed by atoms with Crippen LogP contribution in [0.15, 0.2) is 66.7 Å². The van der Waals surface area contributed by atoms with Crippen molar-refractivity contribution in [3.8, 4) is 5.75 Å². The Kier molecular flexibility index (Phi) is 6.55. The Morgan fingerprint density at radius 1 is 1.00 bits per heavy atom. The van der Waals surface area contributed by atoms with E-state index in [9.17, 15) is 9.59 Å². The van der Waals surface area contributed by atoms with Crippen molar-refractivity contribution in [2.24, 2.45) is 0 Å². The van der Waals surface area contributed by atoms with Crippen molar-refractivity contribution in [2.75, 3.05) is 18.6 Å². The van der Waals surface area contributed by atoms with Crippen LogP contribution in [0.2, 0.25) is 0 Å². The highest BCUT2D eigenvalue weighted by Gasteiger charge is 2.26. The van der Waals surface area contributed by atoms with Crippen molar-refractivity contribution in [1.82, 2.24) is 5.32 Å². The highest BCUT2D eigenvalue weighted by molar-refractivity contribution is 6.08. The van der Waals surface area contributed by atoms with Crippen molar-refractivity contribution in [3.05, 3.63) is 94.5 Å². The van der Waals surface area contributed by atoms with E-state index in [1.807, 2.05) is 72.5 Å². The van der Waals surface area contributed by atoms with Gasteiger partial charge in [0.2, 0.25) is 5.91 Å². The van der Waals surface area contributed by atoms with Gasteiger partial charge in [-0.15, -0.1) is 0 Å². The van der Waals surface area contributed by atoms with E-state index in [2.05, 4.69) is 11.4 Å². The molecule has 1 heterocycles. The van der Waals surface area contributed by atoms with Crippen LogP contribution < -0.4 is 15.0 Å². The second kappa shape index (κ2) is 9.69. The van der Waals surface area contributed by atoms with Crippen LogP contribution in [0.5, 0.6) is 5.75 Å². The number of rotatable bonds is 7. The van der Waals surface area contributed by atoms with Gasteiger partial charge in [-0.1, -0.05) is 42.5 Å². The molecule has 5 heteroatoms. The number of hydrogen-bond acceptors (Lipinski definition) is 3. The lowest BCUT2D eigenvalue weighted by molar-refractivity contribution is -0.121. The second-order valence-electron chi connectivity index (χ2n) is 8.11. The fourth-order valence-corrected chi connectivity index (χ4v) is 4.04. The lowest BCUT2D eigenvalue weighted by Crippen LogP contribution is -2.29. The molecule has 0 atom stereocenters. The number of ether oxygens (including phenoxy) is 1. The Labute approximate surface area is 189 Å². The van der Waals surface area contributed by atoms with Gasteiger partial charge in [0.05, 0.1) is 7.11 Å². The molecular formula is C27H28N2O3. The van der Waals surface area contributed by atoms with Crippen molar-refractivity contribution >= 4 is 17.5 Å². The fourth-order valence-electron chi connectivity index (χ4n) is 4.04. The van der Waals surface area contributed by atoms with Crippen molar-refractivity contribution < 1.29 is 14.3 Å². The molecule has 4 rings (SSSR count). The standard InChI is InChI=1S/C27H28N2O3/c1-19-5-3-4-6-24(19)27(31)29-16-15-22-11-7-21(17-25(22)29)18-28-26(30)14-10-20-8-12-23(32-2)13-9-20/h3-9,11-13,17H,10,14-16,18H2,1-2H3,(H,28,30). The second-order valence-corrected chi connectivity index (χ2v) is 8.11. The minimum Gasteiger partial charge on any atom is -0.497 e. The first-order valence-electron chi connectivity index (χ1n) is 10.9. The zero-order valence-corrected chi connectivity index (χ0v) is 18.6. The predicted octanol–water partition coefficient (Wildman–Crippen LogP) is 4.46. The number of nitrogens with one attached hydrogen (secondary N) is 1. The van der Waals surface area contributed by atoms with Gasteiger partial charge in [0, 0.05) is 30.8 Å². The molecule has 3 aromatic rings. The van der Waals surface area contributed by atoms with E-state index in [1.54, 1.807) is 7.11 Å². The van der Waals surface area contributed by atoms with Crippen molar-refractivity contribution in [2.45, 2.75) is 32.7 Å². The minimum atomic E-state index is 0.00848. The number of nitrogens with zero attached hydrogens (tertiary/aromatic N) is 1. The zero-order valence-electron chi connectivity index (χ0n) is 18.6. The molecule has 0 fully saturated rings. The quantitative estimate of drug-likeness (QED) is 0.605. The molecule has 5 nitrogen and oxygen atoms in total. The van der Waals surface area contributed by atoms with Gasteiger partial charge < -0.3 is 15.0 Å². The first kappa shape index (κ1) is 21.6. The molecule has 0 unspecified atom stereocenters. The Balaban J connectivity index is 1.36. The number of amides is 2. The van der Waals surface area contributed by atoms with Crippen LogP contribution in [0.4, 0.5) is 5.69 Å². The van der Waals surface area contributed by atoms with Gasteiger partial charge >= 0.3 is 0 Å². The summed E-state index contributed by atoms with van der Waals surface area (Å²) in [5.74, 6) is 0.849. The fraction of sp³-hybridized carbons (Fsp3) is 0.259. The molecule has 164 valence electrons. The van der Waals surface area contributed by atoms with E-state index in [0.717, 1.165) is 40.1 Å². The largest absolute Gasteiger partial charge is 0.497 e. The van der Waals surface area contributed by atoms with Gasteiger partial charge in [0.25, 0.3) is 5.91 Å². The van der Waals surface area contributed by atoms with Crippen LogP contribution in [0.1, 0.15) is 39.0 Å². The Morgan fingerprint density at radius 3 is 2.50 bits per heavy atom. The molecule has 0 spiro atoms. The Hall–Kier alpha value is -3.60. The highest BCUT2D eigenvalue weighted by Crippen LogP contribution is 2.31. The van der Waals surface area contributed by atoms with Crippen LogP contribution in [0, 0.1) is 6.92 Å². The third kappa shape index (κ3) is 4.83. The zero-order chi connectivity index (χ0) is 22.5. The monoisotopic (exact) mass is 428 g/mol. The molecule has 1 aliphatic heterocycles. The van der Waals surface area contributed by atoms with Gasteiger partial charge in [-0.2, -0.15) is 0 Å². The number of aryl methyl sites for hydroxylation is 2. The highest BCUT2D eigenvalue weighted by atomic mass is 16.5. The average Bonchev–Trinajstić information content (AvgIpc) is 3.25. The lowest BCUT2D eigenvalue weighted by Gasteiger charge is -2.19. The van der Waals surface area contributed by atoms with E-state index in [4.69, 9.17) is 4.74 Å². The summed E-state index contributed by atoms with van der Waals surface area (Å²) in [5, 5.41) is 3.00. The van der Waals surface area contributed by atoms with E-state index in [-0.39, 0.29) is 11.8 Å². The predicted molar refractivity (Wildman–Crippen MR) is 126 cm³/mol. The normalized spacial score (nSPS) is 12.4. The molecule has 0 aliphatic carbocycles. The Morgan fingerprint density at radius 2 is 1.75 bits per heavy atom. The minimum absolute atomic E-state index is 0.00848. The topological polar surface area (TPSA) is 58.6 Å². The molecule has 2 amide bonds. The third-order valence-corrected chi connectivity index (χ3v) is 5.96. The van der Waals surface area contributed by atoms with Gasteiger partial charge in [-0.05, 0) is 66.3 Å². The summed E-state index contributed by atoms with van der Waals surface area (Å²) in [4.78, 5) is 27.3.